The summed E-state index contributed by atoms with van der Waals surface area (Å²) in [4.78, 5) is 61.5. The van der Waals surface area contributed by atoms with E-state index in [4.69, 9.17) is 34.4 Å². The van der Waals surface area contributed by atoms with Crippen molar-refractivity contribution >= 4 is 86.6 Å². The minimum absolute atomic E-state index is 0. The fraction of sp³-hybridized carbons (Fsp3) is 0.500. The number of hydrogen-bond donors (Lipinski definition) is 6. The summed E-state index contributed by atoms with van der Waals surface area (Å²) in [6.45, 7) is -1.77. The molecule has 0 amide bonds. The van der Waals surface area contributed by atoms with Gasteiger partial charge in [0.15, 0.2) is 0 Å². The van der Waals surface area contributed by atoms with Crippen LogP contribution in [0, 0.1) is 0 Å². The lowest BCUT2D eigenvalue weighted by Gasteiger charge is -2.11. The zero-order chi connectivity index (χ0) is 27.5. The third-order valence-corrected chi connectivity index (χ3v) is 3.82. The van der Waals surface area contributed by atoms with E-state index in [1.807, 2.05) is 0 Å². The summed E-state index contributed by atoms with van der Waals surface area (Å²) in [5.41, 5.74) is 29.1. The molecule has 0 saturated carbocycles. The van der Waals surface area contributed by atoms with Gasteiger partial charge in [0.05, 0.1) is 39.3 Å². The van der Waals surface area contributed by atoms with Crippen molar-refractivity contribution in [2.24, 2.45) is 34.4 Å². The van der Waals surface area contributed by atoms with E-state index in [9.17, 15) is 28.8 Å². The standard InChI is InChI=1S/3C2H4ClNO2.3C2H5NO2.Al.H2O/c3*3-6-2(5)1-4;3*3-1-2(4)5;;/h3*1,4H2;3*1,3H2,(H,4,5);;1H2/q;;;;;;+3;/p-3. The Hall–Kier alpha value is -2.06. The van der Waals surface area contributed by atoms with Gasteiger partial charge in [-0.15, -0.1) is 0 Å². The van der Waals surface area contributed by atoms with Gasteiger partial charge in [0.2, 0.25) is 0 Å². The Kier molecular flexibility index (Phi) is 39.3. The van der Waals surface area contributed by atoms with E-state index in [1.54, 1.807) is 0 Å². The van der Waals surface area contributed by atoms with E-state index in [2.05, 4.69) is 59.8 Å². The van der Waals surface area contributed by atoms with Gasteiger partial charge in [0.25, 0.3) is 17.9 Å². The molecule has 0 aliphatic rings. The first-order chi connectivity index (χ1) is 16.0. The molecule has 0 fully saturated rings. The normalized spacial score (nSPS) is 8.14. The van der Waals surface area contributed by atoms with Crippen LogP contribution in [0.25, 0.3) is 0 Å². The van der Waals surface area contributed by atoms with E-state index >= 15 is 0 Å². The molecular formula is C12H26AlCl3N6O13. The Bertz CT molecular complexity index is 524. The summed E-state index contributed by atoms with van der Waals surface area (Å²) in [7, 11) is 0. The molecule has 0 aromatic rings. The molecular weight excluding hydrogens is 570 g/mol. The largest absolute Gasteiger partial charge is 1.20 e. The van der Waals surface area contributed by atoms with E-state index in [0.29, 0.717) is 0 Å². The summed E-state index contributed by atoms with van der Waals surface area (Å²) >= 11 is 10.3. The van der Waals surface area contributed by atoms with Crippen LogP contribution in [0.5, 0.6) is 0 Å². The highest BCUT2D eigenvalue weighted by Gasteiger charge is 2.48. The number of halogens is 3. The maximum absolute atomic E-state index is 10.8. The quantitative estimate of drug-likeness (QED) is 0.135. The van der Waals surface area contributed by atoms with Crippen LogP contribution in [0.2, 0.25) is 0 Å². The lowest BCUT2D eigenvalue weighted by Crippen LogP contribution is -2.39. The van der Waals surface area contributed by atoms with Crippen molar-refractivity contribution in [3.8, 4) is 0 Å². The molecule has 0 unspecified atom stereocenters. The first-order valence-electron chi connectivity index (χ1n) is 8.19. The minimum atomic E-state index is -3.25. The molecule has 0 saturated heterocycles. The zero-order valence-electron chi connectivity index (χ0n) is 17.8. The Balaban J connectivity index is -0.000000131. The molecule has 0 spiro atoms. The van der Waals surface area contributed by atoms with Crippen molar-refractivity contribution in [1.29, 1.82) is 0 Å². The number of carbonyl (C=O) groups excluding carboxylic acids is 6. The second kappa shape index (κ2) is 31.9. The molecule has 35 heavy (non-hydrogen) atoms. The number of carbonyl (C=O) groups is 6. The van der Waals surface area contributed by atoms with Crippen LogP contribution in [0.4, 0.5) is 0 Å². The second-order valence-corrected chi connectivity index (χ2v) is 6.08. The van der Waals surface area contributed by atoms with Crippen LogP contribution in [0.15, 0.2) is 0 Å². The van der Waals surface area contributed by atoms with E-state index in [-0.39, 0.29) is 25.1 Å². The van der Waals surface area contributed by atoms with Crippen LogP contribution < -0.4 is 34.4 Å². The van der Waals surface area contributed by atoms with Gasteiger partial charge in [0, 0.05) is 0 Å². The monoisotopic (exact) mass is 594 g/mol. The second-order valence-electron chi connectivity index (χ2n) is 4.33. The fourth-order valence-corrected chi connectivity index (χ4v) is 1.90. The summed E-state index contributed by atoms with van der Waals surface area (Å²) in [5.74, 6) is -4.41. The summed E-state index contributed by atoms with van der Waals surface area (Å²) in [6, 6.07) is 0. The van der Waals surface area contributed by atoms with Gasteiger partial charge in [0.1, 0.15) is 35.6 Å². The predicted octanol–water partition coefficient (Wildman–Crippen LogP) is -5.42. The molecule has 0 radical (unpaired) electrons. The van der Waals surface area contributed by atoms with Gasteiger partial charge in [-0.3, -0.25) is 14.4 Å². The lowest BCUT2D eigenvalue weighted by molar-refractivity contribution is -0.146. The molecule has 0 aliphatic carbocycles. The molecule has 206 valence electrons. The summed E-state index contributed by atoms with van der Waals surface area (Å²) in [6.07, 6.45) is 0. The maximum atomic E-state index is 10.8. The third kappa shape index (κ3) is 36.7. The van der Waals surface area contributed by atoms with Crippen LogP contribution in [-0.2, 0) is 53.0 Å². The average Bonchev–Trinajstić information content (AvgIpc) is 2.87. The van der Waals surface area contributed by atoms with Crippen LogP contribution in [0.1, 0.15) is 0 Å². The van der Waals surface area contributed by atoms with Crippen LogP contribution in [0.3, 0.4) is 0 Å². The van der Waals surface area contributed by atoms with Crippen molar-refractivity contribution in [3.05, 3.63) is 0 Å². The van der Waals surface area contributed by atoms with Crippen molar-refractivity contribution in [2.75, 3.05) is 39.3 Å². The van der Waals surface area contributed by atoms with Crippen molar-refractivity contribution < 1.29 is 58.5 Å². The van der Waals surface area contributed by atoms with Crippen molar-refractivity contribution in [2.45, 2.75) is 0 Å². The topological polar surface area (TPSA) is 345 Å². The minimum Gasteiger partial charge on any atom is -0.550 e. The first kappa shape index (κ1) is 43.0. The Labute approximate surface area is 218 Å². The Morgan fingerprint density at radius 1 is 0.457 bits per heavy atom. The van der Waals surface area contributed by atoms with Gasteiger partial charge in [-0.05, 0) is 0 Å². The SMILES string of the molecule is NCC(=O)OCl.NCC(=O)OCl.NCC(=O)OCl.NCC(=O)[O][Al]([O]C(=O)CN)[O]C(=O)CN.O. The first-order valence-corrected chi connectivity index (χ1v) is 10.5. The molecule has 0 aromatic carbocycles. The molecule has 0 heterocycles. The molecule has 0 bridgehead atoms. The zero-order valence-corrected chi connectivity index (χ0v) is 21.2. The van der Waals surface area contributed by atoms with E-state index in [0.717, 1.165) is 0 Å². The third-order valence-electron chi connectivity index (χ3n) is 1.94. The van der Waals surface area contributed by atoms with Gasteiger partial charge in [-0.1, -0.05) is 0 Å². The van der Waals surface area contributed by atoms with Gasteiger partial charge >= 0.3 is 33.1 Å². The summed E-state index contributed by atoms with van der Waals surface area (Å²) < 4.78 is 24.4. The van der Waals surface area contributed by atoms with Crippen molar-refractivity contribution in [3.63, 3.8) is 0 Å². The number of nitrogens with two attached hydrogens (primary N) is 6. The summed E-state index contributed by atoms with van der Waals surface area (Å²) in [5, 5.41) is 0. The highest BCUT2D eigenvalue weighted by molar-refractivity contribution is 6.44. The van der Waals surface area contributed by atoms with E-state index in [1.165, 1.54) is 0 Å². The average molecular weight is 596 g/mol. The molecule has 19 nitrogen and oxygen atoms in total. The van der Waals surface area contributed by atoms with Crippen molar-refractivity contribution in [1.82, 2.24) is 0 Å². The van der Waals surface area contributed by atoms with Crippen LogP contribution >= 0.6 is 35.6 Å². The van der Waals surface area contributed by atoms with Gasteiger partial charge in [-0.2, -0.15) is 0 Å². The molecule has 14 N–H and O–H groups in total. The Morgan fingerprint density at radius 2 is 0.629 bits per heavy atom. The van der Waals surface area contributed by atoms with Gasteiger partial charge in [-0.25, -0.2) is 14.4 Å². The molecule has 23 heteroatoms. The smallest absolute Gasteiger partial charge is 0.550 e. The fourth-order valence-electron chi connectivity index (χ4n) is 0.633. The highest BCUT2D eigenvalue weighted by atomic mass is 35.5. The number of hydrogen-bond acceptors (Lipinski definition) is 18. The number of rotatable bonds is 9. The molecule has 0 rings (SSSR count). The highest BCUT2D eigenvalue weighted by Crippen LogP contribution is 1.94. The predicted molar refractivity (Wildman–Crippen MR) is 118 cm³/mol. The molecule has 0 atom stereocenters. The van der Waals surface area contributed by atoms with E-state index < -0.39 is 70.6 Å². The molecule has 0 aromatic heterocycles. The molecule has 0 aliphatic heterocycles. The van der Waals surface area contributed by atoms with Gasteiger partial charge < -0.3 is 64.1 Å². The lowest BCUT2D eigenvalue weighted by atomic mass is 10.7. The maximum Gasteiger partial charge on any atom is 1.20 e. The van der Waals surface area contributed by atoms with Crippen LogP contribution in [-0.4, -0.2) is 95.7 Å². The Morgan fingerprint density at radius 3 is 0.714 bits per heavy atom.